The lowest BCUT2D eigenvalue weighted by Gasteiger charge is -2.35. The third-order valence-electron chi connectivity index (χ3n) is 7.29. The molecule has 35 heavy (non-hydrogen) atoms. The molecule has 2 unspecified atom stereocenters. The Bertz CT molecular complexity index is 1050. The average Bonchev–Trinajstić information content (AvgIpc) is 3.69. The summed E-state index contributed by atoms with van der Waals surface area (Å²) in [7, 11) is 0. The number of rotatable bonds is 6. The van der Waals surface area contributed by atoms with Gasteiger partial charge in [0.1, 0.15) is 18.6 Å². The first kappa shape index (κ1) is 22.5. The van der Waals surface area contributed by atoms with E-state index in [1.165, 1.54) is 18.5 Å². The van der Waals surface area contributed by atoms with E-state index in [0.717, 1.165) is 80.8 Å². The molecule has 3 saturated heterocycles. The van der Waals surface area contributed by atoms with Crippen LogP contribution in [-0.2, 0) is 4.74 Å². The molecule has 2 atom stereocenters. The number of aromatic nitrogens is 2. The molecule has 5 heterocycles. The van der Waals surface area contributed by atoms with Gasteiger partial charge in [-0.25, -0.2) is 9.37 Å². The molecule has 4 aliphatic rings. The minimum Gasteiger partial charge on any atom is -0.369 e. The lowest BCUT2D eigenvalue weighted by atomic mass is 10.1. The number of nitrogens with one attached hydrogen (secondary N) is 2. The Labute approximate surface area is 205 Å². The van der Waals surface area contributed by atoms with E-state index < -0.39 is 0 Å². The number of piperazine rings is 1. The monoisotopic (exact) mass is 480 g/mol. The molecule has 2 aromatic rings. The predicted octanol–water partition coefficient (Wildman–Crippen LogP) is 3.03. The van der Waals surface area contributed by atoms with Crippen molar-refractivity contribution in [3.8, 4) is 0 Å². The van der Waals surface area contributed by atoms with Crippen molar-refractivity contribution in [2.24, 2.45) is 5.10 Å². The highest BCUT2D eigenvalue weighted by Crippen LogP contribution is 2.43. The summed E-state index contributed by atoms with van der Waals surface area (Å²) in [4.78, 5) is 16.7. The van der Waals surface area contributed by atoms with Crippen LogP contribution >= 0.6 is 0 Å². The molecule has 186 valence electrons. The fraction of sp³-hybridized carbons (Fsp3) is 0.560. The Morgan fingerprint density at radius 2 is 1.71 bits per heavy atom. The predicted molar refractivity (Wildman–Crippen MR) is 135 cm³/mol. The molecule has 0 bridgehead atoms. The first-order valence-corrected chi connectivity index (χ1v) is 12.8. The zero-order valence-corrected chi connectivity index (χ0v) is 20.0. The lowest BCUT2D eigenvalue weighted by molar-refractivity contribution is 0.235. The molecule has 1 aromatic carbocycles. The number of benzene rings is 1. The van der Waals surface area contributed by atoms with Crippen molar-refractivity contribution in [2.75, 3.05) is 67.6 Å². The van der Waals surface area contributed by atoms with Crippen molar-refractivity contribution < 1.29 is 9.13 Å². The minimum atomic E-state index is -0.277. The lowest BCUT2D eigenvalue weighted by Crippen LogP contribution is -2.47. The maximum atomic E-state index is 12.6. The summed E-state index contributed by atoms with van der Waals surface area (Å²) in [5.41, 5.74) is 6.95. The number of hydrazone groups is 1. The van der Waals surface area contributed by atoms with Crippen LogP contribution in [0.1, 0.15) is 43.0 Å². The molecule has 3 fully saturated rings. The standard InChI is InChI=1S/C25H33FN8O/c26-9-12-32-13-15-33(16-14-32)19-7-5-18(6-8-19)28-23-21-20(17-27-31-24-22(21)35-24)29-25(30-23)34-10-3-1-2-4-11-34/h5-8,17,22,24,31H,1-4,9-16H2,(H,28,29,30). The molecular formula is C25H33FN8O. The summed E-state index contributed by atoms with van der Waals surface area (Å²) < 4.78 is 18.4. The Kier molecular flexibility index (Phi) is 6.39. The first-order chi connectivity index (χ1) is 17.3. The number of ether oxygens (including phenoxy) is 1. The molecule has 0 spiro atoms. The molecule has 6 rings (SSSR count). The fourth-order valence-corrected chi connectivity index (χ4v) is 5.20. The minimum absolute atomic E-state index is 0.104. The van der Waals surface area contributed by atoms with Gasteiger partial charge in [0, 0.05) is 57.2 Å². The fourth-order valence-electron chi connectivity index (χ4n) is 5.20. The summed E-state index contributed by atoms with van der Waals surface area (Å²) in [5, 5.41) is 7.85. The summed E-state index contributed by atoms with van der Waals surface area (Å²) >= 11 is 0. The highest BCUT2D eigenvalue weighted by Gasteiger charge is 2.45. The van der Waals surface area contributed by atoms with Gasteiger partial charge < -0.3 is 19.9 Å². The average molecular weight is 481 g/mol. The zero-order chi connectivity index (χ0) is 23.6. The Hall–Kier alpha value is -2.98. The molecular weight excluding hydrogens is 447 g/mol. The van der Waals surface area contributed by atoms with Gasteiger partial charge in [-0.3, -0.25) is 10.3 Å². The van der Waals surface area contributed by atoms with Crippen LogP contribution in [0.3, 0.4) is 0 Å². The Morgan fingerprint density at radius 3 is 2.46 bits per heavy atom. The van der Waals surface area contributed by atoms with Gasteiger partial charge in [-0.15, -0.1) is 0 Å². The molecule has 0 aliphatic carbocycles. The number of fused-ring (bicyclic) bond motifs is 3. The third kappa shape index (κ3) is 4.90. The van der Waals surface area contributed by atoms with Crippen molar-refractivity contribution >= 4 is 29.4 Å². The van der Waals surface area contributed by atoms with Crippen LogP contribution in [0.2, 0.25) is 0 Å². The van der Waals surface area contributed by atoms with Gasteiger partial charge in [0.15, 0.2) is 6.23 Å². The van der Waals surface area contributed by atoms with Crippen molar-refractivity contribution in [1.82, 2.24) is 20.3 Å². The number of hydrogen-bond donors (Lipinski definition) is 2. The zero-order valence-electron chi connectivity index (χ0n) is 20.0. The van der Waals surface area contributed by atoms with Gasteiger partial charge in [0.25, 0.3) is 0 Å². The van der Waals surface area contributed by atoms with E-state index in [1.54, 1.807) is 6.21 Å². The molecule has 0 radical (unpaired) electrons. The second kappa shape index (κ2) is 9.94. The van der Waals surface area contributed by atoms with Crippen LogP contribution in [-0.4, -0.2) is 79.8 Å². The van der Waals surface area contributed by atoms with E-state index in [9.17, 15) is 4.39 Å². The number of epoxide rings is 1. The van der Waals surface area contributed by atoms with Crippen molar-refractivity contribution in [3.05, 3.63) is 35.5 Å². The SMILES string of the molecule is FCCN1CCN(c2ccc(Nc3nc(N4CCCCCC4)nc4c3C3OC3NN=C4)cc2)CC1. The number of alkyl halides is 1. The van der Waals surface area contributed by atoms with Crippen LogP contribution in [0, 0.1) is 0 Å². The van der Waals surface area contributed by atoms with E-state index in [1.807, 2.05) is 0 Å². The summed E-state index contributed by atoms with van der Waals surface area (Å²) in [6.07, 6.45) is 6.39. The van der Waals surface area contributed by atoms with Crippen LogP contribution in [0.5, 0.6) is 0 Å². The summed E-state index contributed by atoms with van der Waals surface area (Å²) in [6, 6.07) is 8.47. The molecule has 4 aliphatic heterocycles. The maximum Gasteiger partial charge on any atom is 0.227 e. The van der Waals surface area contributed by atoms with E-state index in [2.05, 4.69) is 54.8 Å². The van der Waals surface area contributed by atoms with Gasteiger partial charge in [-0.05, 0) is 37.1 Å². The van der Waals surface area contributed by atoms with E-state index >= 15 is 0 Å². The van der Waals surface area contributed by atoms with E-state index in [4.69, 9.17) is 14.7 Å². The largest absolute Gasteiger partial charge is 0.369 e. The van der Waals surface area contributed by atoms with Crippen molar-refractivity contribution in [3.63, 3.8) is 0 Å². The highest BCUT2D eigenvalue weighted by atomic mass is 19.1. The van der Waals surface area contributed by atoms with Crippen LogP contribution < -0.4 is 20.5 Å². The van der Waals surface area contributed by atoms with Gasteiger partial charge >= 0.3 is 0 Å². The van der Waals surface area contributed by atoms with Gasteiger partial charge in [0.05, 0.1) is 17.5 Å². The van der Waals surface area contributed by atoms with Crippen LogP contribution in [0.25, 0.3) is 0 Å². The number of nitrogens with zero attached hydrogens (tertiary/aromatic N) is 6. The first-order valence-electron chi connectivity index (χ1n) is 12.8. The number of halogens is 1. The molecule has 9 nitrogen and oxygen atoms in total. The summed E-state index contributed by atoms with van der Waals surface area (Å²) in [6.45, 7) is 5.83. The normalized spacial score (nSPS) is 24.1. The van der Waals surface area contributed by atoms with E-state index in [-0.39, 0.29) is 19.0 Å². The topological polar surface area (TPSA) is 84.5 Å². The van der Waals surface area contributed by atoms with Gasteiger partial charge in [0.2, 0.25) is 5.95 Å². The maximum absolute atomic E-state index is 12.6. The molecule has 10 heteroatoms. The van der Waals surface area contributed by atoms with Crippen molar-refractivity contribution in [1.29, 1.82) is 0 Å². The molecule has 0 saturated carbocycles. The van der Waals surface area contributed by atoms with Crippen molar-refractivity contribution in [2.45, 2.75) is 38.0 Å². The molecule has 2 N–H and O–H groups in total. The second-order valence-electron chi connectivity index (χ2n) is 9.63. The molecule has 0 amide bonds. The third-order valence-corrected chi connectivity index (χ3v) is 7.29. The number of hydrogen-bond acceptors (Lipinski definition) is 9. The van der Waals surface area contributed by atoms with Gasteiger partial charge in [-0.2, -0.15) is 10.1 Å². The van der Waals surface area contributed by atoms with Gasteiger partial charge in [-0.1, -0.05) is 12.8 Å². The number of anilines is 4. The van der Waals surface area contributed by atoms with Crippen LogP contribution in [0.4, 0.5) is 27.5 Å². The summed E-state index contributed by atoms with van der Waals surface area (Å²) in [5.74, 6) is 1.53. The van der Waals surface area contributed by atoms with E-state index in [0.29, 0.717) is 6.54 Å². The second-order valence-corrected chi connectivity index (χ2v) is 9.63. The quantitative estimate of drug-likeness (QED) is 0.611. The van der Waals surface area contributed by atoms with Crippen LogP contribution in [0.15, 0.2) is 29.4 Å². The molecule has 1 aromatic heterocycles. The highest BCUT2D eigenvalue weighted by molar-refractivity contribution is 5.84. The smallest absolute Gasteiger partial charge is 0.227 e. The Morgan fingerprint density at radius 1 is 0.943 bits per heavy atom. The Balaban J connectivity index is 1.23.